The van der Waals surface area contributed by atoms with Crippen molar-refractivity contribution in [3.05, 3.63) is 81.8 Å². The van der Waals surface area contributed by atoms with E-state index in [1.54, 1.807) is 35.8 Å². The molecule has 0 fully saturated rings. The minimum Gasteiger partial charge on any atom is -0.477 e. The highest BCUT2D eigenvalue weighted by atomic mass is 19.3. The Morgan fingerprint density at radius 3 is 2.06 bits per heavy atom. The van der Waals surface area contributed by atoms with Crippen LogP contribution in [0.25, 0.3) is 11.1 Å². The van der Waals surface area contributed by atoms with Crippen molar-refractivity contribution in [1.82, 2.24) is 4.57 Å². The lowest BCUT2D eigenvalue weighted by atomic mass is 9.98. The molecule has 0 amide bonds. The number of aryl methyl sites for hydroxylation is 1. The minimum absolute atomic E-state index is 0.112. The fourth-order valence-corrected chi connectivity index (χ4v) is 2.89. The van der Waals surface area contributed by atoms with Crippen LogP contribution < -0.4 is 5.43 Å². The van der Waals surface area contributed by atoms with Gasteiger partial charge in [-0.1, -0.05) is 86.2 Å². The van der Waals surface area contributed by atoms with E-state index < -0.39 is 17.8 Å². The molecule has 1 aromatic heterocycles. The van der Waals surface area contributed by atoms with Gasteiger partial charge in [0.05, 0.1) is 0 Å². The molecule has 0 radical (unpaired) electrons. The van der Waals surface area contributed by atoms with Gasteiger partial charge in [-0.25, -0.2) is 13.6 Å². The molecule has 0 spiro atoms. The first-order chi connectivity index (χ1) is 16.5. The number of hydrogen-bond acceptors (Lipinski definition) is 2. The van der Waals surface area contributed by atoms with Crippen molar-refractivity contribution < 1.29 is 18.7 Å². The van der Waals surface area contributed by atoms with Crippen LogP contribution in [0, 0.1) is 5.92 Å². The van der Waals surface area contributed by atoms with Gasteiger partial charge < -0.3 is 9.67 Å². The van der Waals surface area contributed by atoms with Gasteiger partial charge in [0, 0.05) is 30.1 Å². The first-order valence-electron chi connectivity index (χ1n) is 12.2. The zero-order valence-electron chi connectivity index (χ0n) is 22.8. The fourth-order valence-electron chi connectivity index (χ4n) is 2.89. The van der Waals surface area contributed by atoms with Gasteiger partial charge in [-0.2, -0.15) is 0 Å². The standard InChI is InChI=1S/C21H21F2NO3.C4H10.2C2H6/c1-4-9-24-12-17(21(26)27)19(25)11-18(24)14(3)10-13(2)15-7-5-6-8-16(15)20(22)23;1-4(2)3;2*1-2/h5-8,10-12,20H,2,4,9H2,1,3H3,(H,26,27);4H,1-3H3;2*1-2H3/b14-10+;;;. The molecule has 1 heterocycles. The Labute approximate surface area is 210 Å². The SMILES string of the molecule is C=C(/C=C(\C)c1cc(=O)c(C(=O)O)cn1CCC)c1ccccc1C(F)F.CC.CC.CC(C)C. The monoisotopic (exact) mass is 491 g/mol. The highest BCUT2D eigenvalue weighted by molar-refractivity contribution is 5.88. The molecule has 2 rings (SSSR count). The van der Waals surface area contributed by atoms with E-state index in [2.05, 4.69) is 27.4 Å². The number of nitrogens with zero attached hydrogens (tertiary/aromatic N) is 1. The number of carboxylic acid groups (broad SMARTS) is 1. The number of hydrogen-bond donors (Lipinski definition) is 1. The number of pyridine rings is 1. The topological polar surface area (TPSA) is 59.3 Å². The van der Waals surface area contributed by atoms with Crippen LogP contribution in [0.2, 0.25) is 0 Å². The molecule has 0 atom stereocenters. The van der Waals surface area contributed by atoms with Gasteiger partial charge in [0.15, 0.2) is 5.43 Å². The second-order valence-corrected chi connectivity index (χ2v) is 7.91. The van der Waals surface area contributed by atoms with Crippen molar-refractivity contribution in [1.29, 1.82) is 0 Å². The number of rotatable bonds is 7. The largest absolute Gasteiger partial charge is 0.477 e. The Morgan fingerprint density at radius 2 is 1.60 bits per heavy atom. The number of carbonyl (C=O) groups is 1. The minimum atomic E-state index is -2.63. The lowest BCUT2D eigenvalue weighted by molar-refractivity contribution is 0.0694. The van der Waals surface area contributed by atoms with Crippen molar-refractivity contribution in [2.24, 2.45) is 5.92 Å². The average Bonchev–Trinajstić information content (AvgIpc) is 2.82. The van der Waals surface area contributed by atoms with Crippen molar-refractivity contribution in [2.75, 3.05) is 0 Å². The van der Waals surface area contributed by atoms with Gasteiger partial charge in [0.2, 0.25) is 0 Å². The highest BCUT2D eigenvalue weighted by Gasteiger charge is 2.15. The smallest absolute Gasteiger partial charge is 0.341 e. The van der Waals surface area contributed by atoms with Gasteiger partial charge in [-0.3, -0.25) is 4.79 Å². The summed E-state index contributed by atoms with van der Waals surface area (Å²) in [6.07, 6.45) is 1.05. The van der Waals surface area contributed by atoms with Crippen molar-refractivity contribution in [2.45, 2.75) is 81.7 Å². The maximum absolute atomic E-state index is 13.2. The van der Waals surface area contributed by atoms with Gasteiger partial charge in [-0.15, -0.1) is 0 Å². The molecule has 6 heteroatoms. The average molecular weight is 492 g/mol. The van der Waals surface area contributed by atoms with Crippen LogP contribution in [0.4, 0.5) is 8.78 Å². The van der Waals surface area contributed by atoms with Gasteiger partial charge >= 0.3 is 5.97 Å². The van der Waals surface area contributed by atoms with Crippen molar-refractivity contribution in [3.8, 4) is 0 Å². The van der Waals surface area contributed by atoms with Crippen LogP contribution in [-0.4, -0.2) is 15.6 Å². The Bertz CT molecular complexity index is 1000. The number of halogens is 2. The van der Waals surface area contributed by atoms with E-state index in [1.165, 1.54) is 18.3 Å². The first kappa shape index (κ1) is 34.1. The third kappa shape index (κ3) is 11.8. The van der Waals surface area contributed by atoms with Crippen LogP contribution in [-0.2, 0) is 6.54 Å². The zero-order valence-corrected chi connectivity index (χ0v) is 22.8. The quantitative estimate of drug-likeness (QED) is 0.394. The Morgan fingerprint density at radius 1 is 1.09 bits per heavy atom. The summed E-state index contributed by atoms with van der Waals surface area (Å²) < 4.78 is 28.1. The predicted molar refractivity (Wildman–Crippen MR) is 145 cm³/mol. The molecule has 196 valence electrons. The Hall–Kier alpha value is -3.02. The van der Waals surface area contributed by atoms with E-state index in [1.807, 2.05) is 34.6 Å². The number of allylic oxidation sites excluding steroid dienone is 3. The van der Waals surface area contributed by atoms with E-state index in [4.69, 9.17) is 5.11 Å². The van der Waals surface area contributed by atoms with Crippen LogP contribution in [0.3, 0.4) is 0 Å². The fraction of sp³-hybridized carbons (Fsp3) is 0.448. The molecule has 35 heavy (non-hydrogen) atoms. The van der Waals surface area contributed by atoms with Gasteiger partial charge in [0.25, 0.3) is 6.43 Å². The third-order valence-electron chi connectivity index (χ3n) is 4.16. The summed E-state index contributed by atoms with van der Waals surface area (Å²) >= 11 is 0. The van der Waals surface area contributed by atoms with Gasteiger partial charge in [-0.05, 0) is 42.0 Å². The van der Waals surface area contributed by atoms with Crippen LogP contribution in [0.1, 0.15) is 102 Å². The maximum atomic E-state index is 13.2. The molecule has 1 aromatic carbocycles. The molecule has 0 bridgehead atoms. The molecule has 0 aliphatic rings. The summed E-state index contributed by atoms with van der Waals surface area (Å²) in [5, 5.41) is 9.15. The second kappa shape index (κ2) is 18.3. The molecule has 0 saturated heterocycles. The van der Waals surface area contributed by atoms with Crippen molar-refractivity contribution >= 4 is 17.1 Å². The molecule has 1 N–H and O–H groups in total. The number of aromatic nitrogens is 1. The molecular formula is C29H43F2NO3. The Balaban J connectivity index is 0. The van der Waals surface area contributed by atoms with E-state index >= 15 is 0 Å². The van der Waals surface area contributed by atoms with E-state index in [0.29, 0.717) is 28.9 Å². The van der Waals surface area contributed by atoms with Gasteiger partial charge in [0.1, 0.15) is 5.56 Å². The van der Waals surface area contributed by atoms with Crippen LogP contribution in [0.5, 0.6) is 0 Å². The molecule has 0 unspecified atom stereocenters. The highest BCUT2D eigenvalue weighted by Crippen LogP contribution is 2.29. The Kier molecular flexibility index (Phi) is 17.9. The number of benzene rings is 1. The lowest BCUT2D eigenvalue weighted by Gasteiger charge is -2.15. The third-order valence-corrected chi connectivity index (χ3v) is 4.16. The maximum Gasteiger partial charge on any atom is 0.341 e. The van der Waals surface area contributed by atoms with E-state index in [9.17, 15) is 18.4 Å². The molecule has 2 aromatic rings. The molecule has 0 aliphatic carbocycles. The molecule has 0 aliphatic heterocycles. The number of aromatic carboxylic acids is 1. The summed E-state index contributed by atoms with van der Waals surface area (Å²) in [6.45, 7) is 22.6. The normalized spacial score (nSPS) is 10.4. The summed E-state index contributed by atoms with van der Waals surface area (Å²) in [7, 11) is 0. The second-order valence-electron chi connectivity index (χ2n) is 7.91. The molecule has 4 nitrogen and oxygen atoms in total. The summed E-state index contributed by atoms with van der Waals surface area (Å²) in [5.41, 5.74) is 0.866. The van der Waals surface area contributed by atoms with E-state index in [0.717, 1.165) is 12.3 Å². The van der Waals surface area contributed by atoms with Crippen LogP contribution in [0.15, 0.2) is 54.0 Å². The van der Waals surface area contributed by atoms with E-state index in [-0.39, 0.29) is 11.1 Å². The summed E-state index contributed by atoms with van der Waals surface area (Å²) in [6, 6.07) is 7.38. The molecule has 0 saturated carbocycles. The molecular weight excluding hydrogens is 448 g/mol. The van der Waals surface area contributed by atoms with Crippen molar-refractivity contribution in [3.63, 3.8) is 0 Å². The zero-order chi connectivity index (χ0) is 27.7. The predicted octanol–water partition coefficient (Wildman–Crippen LogP) is 8.73. The number of carboxylic acids is 1. The van der Waals surface area contributed by atoms with Crippen LogP contribution >= 0.6 is 0 Å². The number of alkyl halides is 2. The first-order valence-corrected chi connectivity index (χ1v) is 12.2. The summed E-state index contributed by atoms with van der Waals surface area (Å²) in [5.74, 6) is -0.451. The lowest BCUT2D eigenvalue weighted by Crippen LogP contribution is -2.19. The summed E-state index contributed by atoms with van der Waals surface area (Å²) in [4.78, 5) is 23.3.